The van der Waals surface area contributed by atoms with Gasteiger partial charge in [-0.25, -0.2) is 0 Å². The van der Waals surface area contributed by atoms with E-state index in [1.807, 2.05) is 17.8 Å². The van der Waals surface area contributed by atoms with Gasteiger partial charge in [0.15, 0.2) is 0 Å². The Labute approximate surface area is 95.2 Å². The predicted octanol–water partition coefficient (Wildman–Crippen LogP) is 0.746. The van der Waals surface area contributed by atoms with Crippen LogP contribution in [0.1, 0.15) is 26.7 Å². The van der Waals surface area contributed by atoms with Crippen molar-refractivity contribution in [3.63, 3.8) is 0 Å². The molecule has 2 heterocycles. The van der Waals surface area contributed by atoms with Gasteiger partial charge in [-0.3, -0.25) is 9.48 Å². The van der Waals surface area contributed by atoms with Gasteiger partial charge in [-0.05, 0) is 13.3 Å². The number of aryl methyl sites for hydroxylation is 1. The Morgan fingerprint density at radius 2 is 2.31 bits per heavy atom. The Hall–Kier alpha value is -1.36. The van der Waals surface area contributed by atoms with Crippen LogP contribution < -0.4 is 10.6 Å². The molecule has 0 bridgehead atoms. The Bertz CT molecular complexity index is 387. The molecule has 2 N–H and O–H groups in total. The van der Waals surface area contributed by atoms with Crippen LogP contribution in [0.15, 0.2) is 12.4 Å². The Balaban J connectivity index is 2.05. The van der Waals surface area contributed by atoms with Gasteiger partial charge in [0.25, 0.3) is 0 Å². The van der Waals surface area contributed by atoms with Gasteiger partial charge in [-0.2, -0.15) is 5.10 Å². The molecule has 0 saturated carbocycles. The lowest BCUT2D eigenvalue weighted by molar-refractivity contribution is -0.125. The second kappa shape index (κ2) is 4.25. The number of nitrogens with two attached hydrogens (primary N) is 1. The molecular weight excluding hydrogens is 204 g/mol. The van der Waals surface area contributed by atoms with Crippen molar-refractivity contribution in [2.45, 2.75) is 45.3 Å². The third-order valence-electron chi connectivity index (χ3n) is 3.09. The van der Waals surface area contributed by atoms with Crippen LogP contribution in [0.4, 0.5) is 5.69 Å². The van der Waals surface area contributed by atoms with Crippen molar-refractivity contribution in [1.29, 1.82) is 0 Å². The van der Waals surface area contributed by atoms with E-state index in [2.05, 4.69) is 12.0 Å². The van der Waals surface area contributed by atoms with Crippen LogP contribution in [0, 0.1) is 0 Å². The summed E-state index contributed by atoms with van der Waals surface area (Å²) in [6, 6.07) is -0.268. The highest BCUT2D eigenvalue weighted by molar-refractivity contribution is 6.05. The largest absolute Gasteiger partial charge is 0.318 e. The lowest BCUT2D eigenvalue weighted by atomic mass is 9.97. The third kappa shape index (κ3) is 1.71. The molecule has 0 aliphatic carbocycles. The van der Waals surface area contributed by atoms with Crippen LogP contribution in [-0.2, 0) is 11.3 Å². The molecule has 0 radical (unpaired) electrons. The molecular formula is C11H18N4O. The number of carbonyl (C=O) groups excluding carboxylic acids is 1. The van der Waals surface area contributed by atoms with Gasteiger partial charge in [0.2, 0.25) is 5.91 Å². The van der Waals surface area contributed by atoms with Gasteiger partial charge in [-0.15, -0.1) is 0 Å². The van der Waals surface area contributed by atoms with Crippen LogP contribution in [0.25, 0.3) is 0 Å². The van der Waals surface area contributed by atoms with Gasteiger partial charge in [0.05, 0.1) is 17.9 Å². The molecule has 2 rings (SSSR count). The van der Waals surface area contributed by atoms with Crippen molar-refractivity contribution < 1.29 is 4.79 Å². The molecule has 1 aliphatic rings. The summed E-state index contributed by atoms with van der Waals surface area (Å²) in [6.07, 6.45) is 5.88. The highest BCUT2D eigenvalue weighted by Crippen LogP contribution is 2.26. The summed E-state index contributed by atoms with van der Waals surface area (Å²) in [6.45, 7) is 5.00. The predicted molar refractivity (Wildman–Crippen MR) is 62.1 cm³/mol. The number of nitrogens with zero attached hydrogens (tertiary/aromatic N) is 3. The first kappa shape index (κ1) is 11.1. The summed E-state index contributed by atoms with van der Waals surface area (Å²) < 4.78 is 1.88. The van der Waals surface area contributed by atoms with Gasteiger partial charge in [-0.1, -0.05) is 13.3 Å². The highest BCUT2D eigenvalue weighted by Gasteiger charge is 2.43. The second-order valence-corrected chi connectivity index (χ2v) is 4.29. The number of hydrogen-bond acceptors (Lipinski definition) is 3. The van der Waals surface area contributed by atoms with Gasteiger partial charge >= 0.3 is 0 Å². The van der Waals surface area contributed by atoms with Crippen molar-refractivity contribution in [1.82, 2.24) is 9.78 Å². The average molecular weight is 222 g/mol. The summed E-state index contributed by atoms with van der Waals surface area (Å²) in [5.41, 5.74) is 6.52. The van der Waals surface area contributed by atoms with Crippen LogP contribution in [-0.4, -0.2) is 27.8 Å². The number of aromatic nitrogens is 2. The van der Waals surface area contributed by atoms with Gasteiger partial charge in [0.1, 0.15) is 6.04 Å². The number of hydrogen-bond donors (Lipinski definition) is 1. The van der Waals surface area contributed by atoms with Crippen molar-refractivity contribution in [2.75, 3.05) is 4.90 Å². The molecule has 1 aromatic heterocycles. The second-order valence-electron chi connectivity index (χ2n) is 4.29. The molecule has 1 amide bonds. The molecule has 1 aromatic rings. The zero-order valence-corrected chi connectivity index (χ0v) is 9.76. The minimum Gasteiger partial charge on any atom is -0.318 e. The zero-order chi connectivity index (χ0) is 11.7. The normalized spacial score (nSPS) is 24.7. The number of rotatable bonds is 4. The first-order valence-corrected chi connectivity index (χ1v) is 5.76. The summed E-state index contributed by atoms with van der Waals surface area (Å²) in [5.74, 6) is -0.0115. The fourth-order valence-corrected chi connectivity index (χ4v) is 1.93. The van der Waals surface area contributed by atoms with Crippen molar-refractivity contribution in [3.05, 3.63) is 12.4 Å². The van der Waals surface area contributed by atoms with Gasteiger partial charge < -0.3 is 10.6 Å². The van der Waals surface area contributed by atoms with E-state index in [1.54, 1.807) is 11.1 Å². The smallest absolute Gasteiger partial charge is 0.246 e. The maximum Gasteiger partial charge on any atom is 0.246 e. The molecule has 1 fully saturated rings. The quantitative estimate of drug-likeness (QED) is 0.764. The number of unbranched alkanes of at least 4 members (excludes halogenated alkanes) is 1. The molecule has 5 nitrogen and oxygen atoms in total. The van der Waals surface area contributed by atoms with Crippen molar-refractivity contribution in [2.24, 2.45) is 5.73 Å². The monoisotopic (exact) mass is 222 g/mol. The van der Waals surface area contributed by atoms with E-state index < -0.39 is 0 Å². The molecule has 0 spiro atoms. The van der Waals surface area contributed by atoms with Crippen molar-refractivity contribution >= 4 is 11.6 Å². The Morgan fingerprint density at radius 1 is 1.56 bits per heavy atom. The number of carbonyl (C=O) groups is 1. The topological polar surface area (TPSA) is 64.2 Å². The van der Waals surface area contributed by atoms with Crippen LogP contribution in [0.2, 0.25) is 0 Å². The molecule has 1 aliphatic heterocycles. The van der Waals surface area contributed by atoms with E-state index in [0.29, 0.717) is 0 Å². The van der Waals surface area contributed by atoms with E-state index in [1.165, 1.54) is 0 Å². The highest BCUT2D eigenvalue weighted by atomic mass is 16.2. The Morgan fingerprint density at radius 3 is 2.94 bits per heavy atom. The average Bonchev–Trinajstić information content (AvgIpc) is 2.74. The standard InChI is InChI=1S/C11H18N4O/c1-3-4-5-14-7-9(6-13-14)15-8(2)10(12)11(15)16/h6-8,10H,3-5,12H2,1-2H3/t8-,10+/m1/s1. The molecule has 0 unspecified atom stereocenters. The summed E-state index contributed by atoms with van der Waals surface area (Å²) in [4.78, 5) is 13.3. The summed E-state index contributed by atoms with van der Waals surface area (Å²) in [7, 11) is 0. The third-order valence-corrected chi connectivity index (χ3v) is 3.09. The molecule has 16 heavy (non-hydrogen) atoms. The zero-order valence-electron chi connectivity index (χ0n) is 9.76. The number of anilines is 1. The van der Waals surface area contributed by atoms with E-state index in [4.69, 9.17) is 5.73 Å². The molecule has 2 atom stereocenters. The fourth-order valence-electron chi connectivity index (χ4n) is 1.93. The van der Waals surface area contributed by atoms with Crippen LogP contribution in [0.5, 0.6) is 0 Å². The maximum absolute atomic E-state index is 11.6. The Kier molecular flexibility index (Phi) is 2.96. The van der Waals surface area contributed by atoms with Crippen LogP contribution in [0.3, 0.4) is 0 Å². The SMILES string of the molecule is CCCCn1cc(N2C(=O)[C@@H](N)[C@H]2C)cn1. The lowest BCUT2D eigenvalue weighted by Crippen LogP contribution is -2.67. The van der Waals surface area contributed by atoms with Crippen molar-refractivity contribution in [3.8, 4) is 0 Å². The minimum absolute atomic E-state index is 0.0115. The first-order valence-electron chi connectivity index (χ1n) is 5.76. The lowest BCUT2D eigenvalue weighted by Gasteiger charge is -2.42. The van der Waals surface area contributed by atoms with E-state index in [-0.39, 0.29) is 18.0 Å². The number of amides is 1. The number of β-lactam (4-membered cyclic amide) rings is 1. The molecule has 88 valence electrons. The van der Waals surface area contributed by atoms with E-state index in [9.17, 15) is 4.79 Å². The van der Waals surface area contributed by atoms with Gasteiger partial charge in [0, 0.05) is 12.7 Å². The molecule has 1 saturated heterocycles. The van der Waals surface area contributed by atoms with E-state index >= 15 is 0 Å². The summed E-state index contributed by atoms with van der Waals surface area (Å²) >= 11 is 0. The first-order chi connectivity index (χ1) is 7.65. The van der Waals surface area contributed by atoms with Crippen LogP contribution >= 0.6 is 0 Å². The molecule has 0 aromatic carbocycles. The van der Waals surface area contributed by atoms with E-state index in [0.717, 1.165) is 25.1 Å². The molecule has 5 heteroatoms. The minimum atomic E-state index is -0.348. The maximum atomic E-state index is 11.6. The fraction of sp³-hybridized carbons (Fsp3) is 0.636. The summed E-state index contributed by atoms with van der Waals surface area (Å²) in [5, 5.41) is 4.23.